The average molecular weight is 366 g/mol. The van der Waals surface area contributed by atoms with Crippen molar-refractivity contribution in [3.63, 3.8) is 0 Å². The summed E-state index contributed by atoms with van der Waals surface area (Å²) in [6.07, 6.45) is 0.975. The van der Waals surface area contributed by atoms with Crippen molar-refractivity contribution in [2.75, 3.05) is 12.4 Å². The van der Waals surface area contributed by atoms with E-state index < -0.39 is 0 Å². The van der Waals surface area contributed by atoms with E-state index in [0.29, 0.717) is 39.9 Å². The molecule has 6 heteroatoms. The van der Waals surface area contributed by atoms with Gasteiger partial charge in [0, 0.05) is 18.4 Å². The standard InChI is InChI=1S/C18H17Cl2NO3/c1-24-13-10-8-12(9-11-13)16(22)6-3-7-17(23)21-15-5-2-4-14(19)18(15)20/h2,4-5,8-11H,3,6-7H2,1H3,(H,21,23). The summed E-state index contributed by atoms with van der Waals surface area (Å²) in [6, 6.07) is 11.9. The molecule has 0 radical (unpaired) electrons. The van der Waals surface area contributed by atoms with Crippen LogP contribution in [0.3, 0.4) is 0 Å². The van der Waals surface area contributed by atoms with Crippen LogP contribution in [0.5, 0.6) is 5.75 Å². The lowest BCUT2D eigenvalue weighted by Gasteiger charge is -2.08. The minimum atomic E-state index is -0.207. The number of ketones is 1. The van der Waals surface area contributed by atoms with Crippen LogP contribution in [0.25, 0.3) is 0 Å². The van der Waals surface area contributed by atoms with E-state index in [0.717, 1.165) is 0 Å². The number of Topliss-reactive ketones (excluding diaryl/α,β-unsaturated/α-hetero) is 1. The third-order valence-electron chi connectivity index (χ3n) is 3.45. The average Bonchev–Trinajstić information content (AvgIpc) is 2.59. The normalized spacial score (nSPS) is 10.3. The first-order valence-corrected chi connectivity index (χ1v) is 8.18. The maximum absolute atomic E-state index is 12.1. The van der Waals surface area contributed by atoms with Crippen LogP contribution in [0.2, 0.25) is 10.0 Å². The van der Waals surface area contributed by atoms with Crippen LogP contribution in [-0.2, 0) is 4.79 Å². The zero-order chi connectivity index (χ0) is 17.5. The molecule has 0 fully saturated rings. The van der Waals surface area contributed by atoms with Gasteiger partial charge in [-0.3, -0.25) is 9.59 Å². The van der Waals surface area contributed by atoms with E-state index in [1.54, 1.807) is 49.6 Å². The fourth-order valence-electron chi connectivity index (χ4n) is 2.14. The van der Waals surface area contributed by atoms with Crippen molar-refractivity contribution < 1.29 is 14.3 Å². The van der Waals surface area contributed by atoms with E-state index in [4.69, 9.17) is 27.9 Å². The van der Waals surface area contributed by atoms with E-state index >= 15 is 0 Å². The molecule has 0 aromatic heterocycles. The molecule has 0 spiro atoms. The number of nitrogens with one attached hydrogen (secondary N) is 1. The Balaban J connectivity index is 1.81. The van der Waals surface area contributed by atoms with Crippen LogP contribution in [0.15, 0.2) is 42.5 Å². The van der Waals surface area contributed by atoms with Crippen molar-refractivity contribution in [2.24, 2.45) is 0 Å². The highest BCUT2D eigenvalue weighted by Gasteiger charge is 2.10. The minimum Gasteiger partial charge on any atom is -0.497 e. The van der Waals surface area contributed by atoms with E-state index in [9.17, 15) is 9.59 Å². The van der Waals surface area contributed by atoms with Gasteiger partial charge in [0.25, 0.3) is 0 Å². The Hall–Kier alpha value is -2.04. The number of rotatable bonds is 7. The smallest absolute Gasteiger partial charge is 0.224 e. The molecular weight excluding hydrogens is 349 g/mol. The minimum absolute atomic E-state index is 0.00811. The summed E-state index contributed by atoms with van der Waals surface area (Å²) in [5, 5.41) is 3.38. The number of ether oxygens (including phenoxy) is 1. The van der Waals surface area contributed by atoms with Gasteiger partial charge in [0.05, 0.1) is 22.8 Å². The van der Waals surface area contributed by atoms with E-state index in [1.807, 2.05) is 0 Å². The number of carbonyl (C=O) groups excluding carboxylic acids is 2. The zero-order valence-electron chi connectivity index (χ0n) is 13.1. The Morgan fingerprint density at radius 2 is 1.75 bits per heavy atom. The van der Waals surface area contributed by atoms with Gasteiger partial charge in [0.15, 0.2) is 5.78 Å². The lowest BCUT2D eigenvalue weighted by molar-refractivity contribution is -0.116. The summed E-state index contributed by atoms with van der Waals surface area (Å²) in [5.74, 6) is 0.484. The summed E-state index contributed by atoms with van der Waals surface area (Å²) in [4.78, 5) is 24.0. The third kappa shape index (κ3) is 4.98. The van der Waals surface area contributed by atoms with Crippen molar-refractivity contribution >= 4 is 40.6 Å². The predicted molar refractivity (Wildman–Crippen MR) is 96.3 cm³/mol. The summed E-state index contributed by atoms with van der Waals surface area (Å²) in [6.45, 7) is 0. The zero-order valence-corrected chi connectivity index (χ0v) is 14.7. The number of anilines is 1. The SMILES string of the molecule is COc1ccc(C(=O)CCCC(=O)Nc2cccc(Cl)c2Cl)cc1. The lowest BCUT2D eigenvalue weighted by atomic mass is 10.1. The number of hydrogen-bond acceptors (Lipinski definition) is 3. The molecular formula is C18H17Cl2NO3. The molecule has 4 nitrogen and oxygen atoms in total. The van der Waals surface area contributed by atoms with E-state index in [1.165, 1.54) is 0 Å². The quantitative estimate of drug-likeness (QED) is 0.702. The van der Waals surface area contributed by atoms with Gasteiger partial charge >= 0.3 is 0 Å². The monoisotopic (exact) mass is 365 g/mol. The van der Waals surface area contributed by atoms with Crippen molar-refractivity contribution in [2.45, 2.75) is 19.3 Å². The second kappa shape index (κ2) is 8.71. The molecule has 2 aromatic carbocycles. The molecule has 0 bridgehead atoms. The lowest BCUT2D eigenvalue weighted by Crippen LogP contribution is -2.12. The molecule has 0 aliphatic rings. The van der Waals surface area contributed by atoms with Gasteiger partial charge in [0.1, 0.15) is 5.75 Å². The number of benzene rings is 2. The highest BCUT2D eigenvalue weighted by Crippen LogP contribution is 2.29. The van der Waals surface area contributed by atoms with Crippen LogP contribution in [0.1, 0.15) is 29.6 Å². The molecule has 1 N–H and O–H groups in total. The van der Waals surface area contributed by atoms with Crippen LogP contribution < -0.4 is 10.1 Å². The van der Waals surface area contributed by atoms with Gasteiger partial charge in [-0.25, -0.2) is 0 Å². The molecule has 126 valence electrons. The topological polar surface area (TPSA) is 55.4 Å². The van der Waals surface area contributed by atoms with Crippen molar-refractivity contribution in [3.8, 4) is 5.75 Å². The van der Waals surface area contributed by atoms with Crippen LogP contribution in [0.4, 0.5) is 5.69 Å². The Bertz CT molecular complexity index is 730. The molecule has 24 heavy (non-hydrogen) atoms. The highest BCUT2D eigenvalue weighted by molar-refractivity contribution is 6.43. The number of halogens is 2. The van der Waals surface area contributed by atoms with Gasteiger partial charge in [-0.05, 0) is 42.8 Å². The Morgan fingerprint density at radius 1 is 1.04 bits per heavy atom. The van der Waals surface area contributed by atoms with Crippen LogP contribution in [-0.4, -0.2) is 18.8 Å². The maximum Gasteiger partial charge on any atom is 0.224 e. The van der Waals surface area contributed by atoms with Gasteiger partial charge < -0.3 is 10.1 Å². The molecule has 0 unspecified atom stereocenters. The first-order chi connectivity index (χ1) is 11.5. The van der Waals surface area contributed by atoms with E-state index in [-0.39, 0.29) is 18.1 Å². The molecule has 0 saturated carbocycles. The Kier molecular flexibility index (Phi) is 6.64. The van der Waals surface area contributed by atoms with Crippen molar-refractivity contribution in [3.05, 3.63) is 58.1 Å². The second-order valence-corrected chi connectivity index (χ2v) is 5.94. The van der Waals surface area contributed by atoms with Crippen molar-refractivity contribution in [1.29, 1.82) is 0 Å². The van der Waals surface area contributed by atoms with Gasteiger partial charge in [-0.15, -0.1) is 0 Å². The Labute approximate surface area is 150 Å². The first-order valence-electron chi connectivity index (χ1n) is 7.42. The van der Waals surface area contributed by atoms with Gasteiger partial charge in [-0.2, -0.15) is 0 Å². The van der Waals surface area contributed by atoms with Gasteiger partial charge in [0.2, 0.25) is 5.91 Å². The maximum atomic E-state index is 12.1. The Morgan fingerprint density at radius 3 is 2.42 bits per heavy atom. The second-order valence-electron chi connectivity index (χ2n) is 5.15. The highest BCUT2D eigenvalue weighted by atomic mass is 35.5. The fraction of sp³-hybridized carbons (Fsp3) is 0.222. The van der Waals surface area contributed by atoms with Crippen LogP contribution >= 0.6 is 23.2 Å². The van der Waals surface area contributed by atoms with Gasteiger partial charge in [-0.1, -0.05) is 29.3 Å². The van der Waals surface area contributed by atoms with Crippen LogP contribution in [0, 0.1) is 0 Å². The molecule has 1 amide bonds. The fourth-order valence-corrected chi connectivity index (χ4v) is 2.49. The summed E-state index contributed by atoms with van der Waals surface area (Å²) in [5.41, 5.74) is 1.07. The molecule has 2 aromatic rings. The van der Waals surface area contributed by atoms with E-state index in [2.05, 4.69) is 5.32 Å². The predicted octanol–water partition coefficient (Wildman–Crippen LogP) is 4.99. The number of hydrogen-bond donors (Lipinski definition) is 1. The number of amides is 1. The third-order valence-corrected chi connectivity index (χ3v) is 4.26. The molecule has 0 saturated heterocycles. The molecule has 0 heterocycles. The number of methoxy groups -OCH3 is 1. The number of carbonyl (C=O) groups is 2. The van der Waals surface area contributed by atoms with Crippen molar-refractivity contribution in [1.82, 2.24) is 0 Å². The molecule has 2 rings (SSSR count). The largest absolute Gasteiger partial charge is 0.497 e. The first kappa shape index (κ1) is 18.3. The summed E-state index contributed by atoms with van der Waals surface area (Å²) >= 11 is 11.9. The summed E-state index contributed by atoms with van der Waals surface area (Å²) in [7, 11) is 1.57. The molecule has 0 aliphatic heterocycles. The summed E-state index contributed by atoms with van der Waals surface area (Å²) < 4.78 is 5.05. The molecule has 0 aliphatic carbocycles. The molecule has 0 atom stereocenters.